The van der Waals surface area contributed by atoms with Crippen molar-refractivity contribution in [1.29, 1.82) is 5.26 Å². The molecule has 0 amide bonds. The molecule has 2 aromatic carbocycles. The zero-order valence-corrected chi connectivity index (χ0v) is 11.5. The van der Waals surface area contributed by atoms with Crippen LogP contribution in [0.5, 0.6) is 11.5 Å². The molecule has 0 saturated carbocycles. The molecule has 1 aliphatic heterocycles. The van der Waals surface area contributed by atoms with Crippen LogP contribution in [0.2, 0.25) is 0 Å². The molecule has 0 spiro atoms. The minimum atomic E-state index is -0.217. The Hall–Kier alpha value is -2.93. The molecule has 1 aliphatic rings. The normalized spacial score (nSPS) is 16.7. The van der Waals surface area contributed by atoms with Crippen LogP contribution in [0.1, 0.15) is 17.0 Å². The number of nitrogens with two attached hydrogens (primary N) is 1. The Morgan fingerprint density at radius 2 is 1.95 bits per heavy atom. The van der Waals surface area contributed by atoms with Gasteiger partial charge in [0.25, 0.3) is 0 Å². The van der Waals surface area contributed by atoms with Gasteiger partial charge in [0.1, 0.15) is 23.1 Å². The van der Waals surface area contributed by atoms with Gasteiger partial charge in [-0.25, -0.2) is 0 Å². The van der Waals surface area contributed by atoms with E-state index in [4.69, 9.17) is 15.2 Å². The molecule has 2 N–H and O–H groups in total. The summed E-state index contributed by atoms with van der Waals surface area (Å²) in [5, 5.41) is 9.43. The summed E-state index contributed by atoms with van der Waals surface area (Å²) < 4.78 is 10.8. The minimum Gasteiger partial charge on any atom is -0.497 e. The van der Waals surface area contributed by atoms with E-state index < -0.39 is 0 Å². The van der Waals surface area contributed by atoms with Gasteiger partial charge in [-0.3, -0.25) is 0 Å². The lowest BCUT2D eigenvalue weighted by atomic mass is 9.83. The first-order valence-electron chi connectivity index (χ1n) is 6.55. The van der Waals surface area contributed by atoms with E-state index >= 15 is 0 Å². The van der Waals surface area contributed by atoms with Crippen molar-refractivity contribution < 1.29 is 9.47 Å². The Labute approximate surface area is 123 Å². The Morgan fingerprint density at radius 3 is 2.62 bits per heavy atom. The summed E-state index contributed by atoms with van der Waals surface area (Å²) in [6.45, 7) is 0. The van der Waals surface area contributed by atoms with Gasteiger partial charge in [0.15, 0.2) is 0 Å². The lowest BCUT2D eigenvalue weighted by Gasteiger charge is -2.26. The predicted molar refractivity (Wildman–Crippen MR) is 78.7 cm³/mol. The van der Waals surface area contributed by atoms with E-state index in [2.05, 4.69) is 6.07 Å². The van der Waals surface area contributed by atoms with E-state index in [1.165, 1.54) is 0 Å². The first-order valence-corrected chi connectivity index (χ1v) is 6.55. The zero-order valence-electron chi connectivity index (χ0n) is 11.5. The molecule has 0 bridgehead atoms. The first kappa shape index (κ1) is 13.1. The fourth-order valence-corrected chi connectivity index (χ4v) is 2.55. The van der Waals surface area contributed by atoms with E-state index in [-0.39, 0.29) is 11.8 Å². The maximum absolute atomic E-state index is 9.43. The number of allylic oxidation sites excluding steroid dienone is 1. The lowest BCUT2D eigenvalue weighted by molar-refractivity contribution is 0.381. The smallest absolute Gasteiger partial charge is 0.205 e. The van der Waals surface area contributed by atoms with E-state index in [1.807, 2.05) is 42.5 Å². The number of methoxy groups -OCH3 is 1. The molecular weight excluding hydrogens is 264 g/mol. The van der Waals surface area contributed by atoms with Crippen LogP contribution in [0.4, 0.5) is 0 Å². The van der Waals surface area contributed by atoms with E-state index in [0.29, 0.717) is 17.1 Å². The molecule has 0 saturated heterocycles. The van der Waals surface area contributed by atoms with Crippen LogP contribution in [0.25, 0.3) is 0 Å². The molecule has 0 aromatic heterocycles. The molecule has 0 aliphatic carbocycles. The Balaban J connectivity index is 2.20. The second-order valence-electron chi connectivity index (χ2n) is 4.74. The highest BCUT2D eigenvalue weighted by Crippen LogP contribution is 2.43. The molecule has 0 fully saturated rings. The highest BCUT2D eigenvalue weighted by atomic mass is 16.5. The number of nitrogens with zero attached hydrogens (tertiary/aromatic N) is 1. The van der Waals surface area contributed by atoms with Gasteiger partial charge >= 0.3 is 0 Å². The maximum Gasteiger partial charge on any atom is 0.205 e. The number of ether oxygens (including phenoxy) is 2. The molecular formula is C17H14N2O2. The number of hydrogen-bond donors (Lipinski definition) is 1. The van der Waals surface area contributed by atoms with Crippen molar-refractivity contribution in [3.63, 3.8) is 0 Å². The van der Waals surface area contributed by atoms with Crippen LogP contribution in [-0.4, -0.2) is 7.11 Å². The fourth-order valence-electron chi connectivity index (χ4n) is 2.55. The van der Waals surface area contributed by atoms with Crippen molar-refractivity contribution in [3.05, 3.63) is 71.1 Å². The fraction of sp³-hybridized carbons (Fsp3) is 0.118. The van der Waals surface area contributed by atoms with Crippen LogP contribution in [0.3, 0.4) is 0 Å². The third-order valence-electron chi connectivity index (χ3n) is 3.56. The van der Waals surface area contributed by atoms with E-state index in [0.717, 1.165) is 11.1 Å². The summed E-state index contributed by atoms with van der Waals surface area (Å²) in [6, 6.07) is 17.5. The molecule has 3 rings (SSSR count). The van der Waals surface area contributed by atoms with Gasteiger partial charge < -0.3 is 15.2 Å². The van der Waals surface area contributed by atoms with Gasteiger partial charge in [0.05, 0.1) is 13.0 Å². The van der Waals surface area contributed by atoms with Crippen molar-refractivity contribution >= 4 is 0 Å². The molecule has 2 aromatic rings. The average Bonchev–Trinajstić information content (AvgIpc) is 2.53. The standard InChI is InChI=1S/C17H14N2O2/c1-20-12-7-8-13-15(9-12)21-17(19)14(10-18)16(13)11-5-3-2-4-6-11/h2-9,16H,19H2,1H3/t16-/m1/s1. The largest absolute Gasteiger partial charge is 0.497 e. The molecule has 1 atom stereocenters. The predicted octanol–water partition coefficient (Wildman–Crippen LogP) is 2.91. The van der Waals surface area contributed by atoms with Crippen LogP contribution in [0, 0.1) is 11.3 Å². The monoisotopic (exact) mass is 278 g/mol. The second-order valence-corrected chi connectivity index (χ2v) is 4.74. The summed E-state index contributed by atoms with van der Waals surface area (Å²) in [7, 11) is 1.60. The summed E-state index contributed by atoms with van der Waals surface area (Å²) >= 11 is 0. The minimum absolute atomic E-state index is 0.145. The molecule has 21 heavy (non-hydrogen) atoms. The zero-order chi connectivity index (χ0) is 14.8. The van der Waals surface area contributed by atoms with Crippen molar-refractivity contribution in [2.45, 2.75) is 5.92 Å². The summed E-state index contributed by atoms with van der Waals surface area (Å²) in [6.07, 6.45) is 0. The topological polar surface area (TPSA) is 68.3 Å². The molecule has 1 heterocycles. The summed E-state index contributed by atoms with van der Waals surface area (Å²) in [4.78, 5) is 0. The number of nitriles is 1. The van der Waals surface area contributed by atoms with Crippen LogP contribution >= 0.6 is 0 Å². The van der Waals surface area contributed by atoms with Gasteiger partial charge in [-0.05, 0) is 11.6 Å². The Morgan fingerprint density at radius 1 is 1.19 bits per heavy atom. The van der Waals surface area contributed by atoms with Crippen LogP contribution < -0.4 is 15.2 Å². The van der Waals surface area contributed by atoms with Crippen molar-refractivity contribution in [3.8, 4) is 17.6 Å². The highest BCUT2D eigenvalue weighted by Gasteiger charge is 2.30. The van der Waals surface area contributed by atoms with Gasteiger partial charge in [-0.15, -0.1) is 0 Å². The number of rotatable bonds is 2. The van der Waals surface area contributed by atoms with Gasteiger partial charge in [-0.2, -0.15) is 5.26 Å². The highest BCUT2D eigenvalue weighted by molar-refractivity contribution is 5.57. The third kappa shape index (κ3) is 2.19. The van der Waals surface area contributed by atoms with Crippen molar-refractivity contribution in [2.75, 3.05) is 7.11 Å². The second kappa shape index (κ2) is 5.22. The van der Waals surface area contributed by atoms with Gasteiger partial charge in [0.2, 0.25) is 5.88 Å². The average molecular weight is 278 g/mol. The Kier molecular flexibility index (Phi) is 3.25. The number of hydrogen-bond acceptors (Lipinski definition) is 4. The van der Waals surface area contributed by atoms with Crippen LogP contribution in [0.15, 0.2) is 60.0 Å². The maximum atomic E-state index is 9.43. The molecule has 4 heteroatoms. The summed E-state index contributed by atoms with van der Waals surface area (Å²) in [5.74, 6) is 1.24. The Bertz CT molecular complexity index is 745. The van der Waals surface area contributed by atoms with Crippen molar-refractivity contribution in [1.82, 2.24) is 0 Å². The van der Waals surface area contributed by atoms with E-state index in [1.54, 1.807) is 13.2 Å². The molecule has 104 valence electrons. The molecule has 4 nitrogen and oxygen atoms in total. The van der Waals surface area contributed by atoms with Crippen molar-refractivity contribution in [2.24, 2.45) is 5.73 Å². The number of benzene rings is 2. The van der Waals surface area contributed by atoms with Gasteiger partial charge in [0, 0.05) is 11.6 Å². The van der Waals surface area contributed by atoms with Gasteiger partial charge in [-0.1, -0.05) is 36.4 Å². The lowest BCUT2D eigenvalue weighted by Crippen LogP contribution is -2.21. The quantitative estimate of drug-likeness (QED) is 0.917. The first-order chi connectivity index (χ1) is 10.2. The summed E-state index contributed by atoms with van der Waals surface area (Å²) in [5.41, 5.74) is 8.26. The van der Waals surface area contributed by atoms with E-state index in [9.17, 15) is 5.26 Å². The third-order valence-corrected chi connectivity index (χ3v) is 3.56. The number of fused-ring (bicyclic) bond motifs is 1. The molecule has 0 radical (unpaired) electrons. The van der Waals surface area contributed by atoms with Crippen LogP contribution in [-0.2, 0) is 0 Å². The SMILES string of the molecule is COc1ccc2c(c1)OC(N)=C(C#N)[C@@H]2c1ccccc1. The molecule has 0 unspecified atom stereocenters.